The molecular weight excluding hydrogens is 228 g/mol. The average Bonchev–Trinajstić information content (AvgIpc) is 2.07. The van der Waals surface area contributed by atoms with E-state index in [-0.39, 0.29) is 6.10 Å². The quantitative estimate of drug-likeness (QED) is 0.664. The summed E-state index contributed by atoms with van der Waals surface area (Å²) in [6.07, 6.45) is 3.34. The highest BCUT2D eigenvalue weighted by Gasteiger charge is 2.35. The van der Waals surface area contributed by atoms with Gasteiger partial charge in [0.05, 0.1) is 6.10 Å². The maximum absolute atomic E-state index is 10.4. The summed E-state index contributed by atoms with van der Waals surface area (Å²) in [5.41, 5.74) is 0.603. The molecule has 0 radical (unpaired) electrons. The second kappa shape index (κ2) is 6.36. The van der Waals surface area contributed by atoms with E-state index in [1.807, 2.05) is 0 Å². The molecule has 0 aliphatic rings. The number of aliphatic hydroxyl groups excluding tert-OH is 1. The topological polar surface area (TPSA) is 20.2 Å². The van der Waals surface area contributed by atoms with Gasteiger partial charge in [-0.3, -0.25) is 0 Å². The highest BCUT2D eigenvalue weighted by molar-refractivity contribution is 6.82. The van der Waals surface area contributed by atoms with Crippen LogP contribution in [-0.2, 0) is 0 Å². The van der Waals surface area contributed by atoms with Gasteiger partial charge in [-0.25, -0.2) is 0 Å². The molecule has 98 valence electrons. The Morgan fingerprint density at radius 2 is 1.50 bits per heavy atom. The molecule has 3 heteroatoms. The van der Waals surface area contributed by atoms with Crippen molar-refractivity contribution in [1.29, 1.82) is 0 Å². The van der Waals surface area contributed by atoms with Crippen LogP contribution in [0.2, 0.25) is 50.9 Å². The van der Waals surface area contributed by atoms with Crippen molar-refractivity contribution in [2.24, 2.45) is 0 Å². The van der Waals surface area contributed by atoms with Gasteiger partial charge < -0.3 is 5.11 Å². The van der Waals surface area contributed by atoms with Crippen molar-refractivity contribution in [3.63, 3.8) is 0 Å². The van der Waals surface area contributed by atoms with Gasteiger partial charge >= 0.3 is 0 Å². The minimum absolute atomic E-state index is 0.0432. The predicted molar refractivity (Wildman–Crippen MR) is 80.8 cm³/mol. The number of unbranched alkanes of at least 4 members (excludes halogenated alkanes) is 1. The Bertz CT molecular complexity index is 191. The van der Waals surface area contributed by atoms with Gasteiger partial charge in [-0.2, -0.15) is 0 Å². The molecule has 0 aromatic carbocycles. The fourth-order valence-corrected chi connectivity index (χ4v) is 9.49. The predicted octanol–water partition coefficient (Wildman–Crippen LogP) is 4.58. The van der Waals surface area contributed by atoms with Crippen molar-refractivity contribution in [3.05, 3.63) is 0 Å². The Hall–Kier alpha value is 0.394. The van der Waals surface area contributed by atoms with Crippen LogP contribution in [0.4, 0.5) is 0 Å². The fraction of sp³-hybridized carbons (Fsp3) is 1.00. The van der Waals surface area contributed by atoms with Crippen molar-refractivity contribution < 1.29 is 5.11 Å². The summed E-state index contributed by atoms with van der Waals surface area (Å²) in [5, 5.41) is 10.4. The molecule has 16 heavy (non-hydrogen) atoms. The number of hydrogen-bond acceptors (Lipinski definition) is 1. The third-order valence-electron chi connectivity index (χ3n) is 3.26. The second-order valence-corrected chi connectivity index (χ2v) is 18.5. The largest absolute Gasteiger partial charge is 0.393 e. The molecule has 0 aliphatic heterocycles. The van der Waals surface area contributed by atoms with Gasteiger partial charge in [-0.05, 0) is 12.0 Å². The lowest BCUT2D eigenvalue weighted by molar-refractivity contribution is 0.154. The summed E-state index contributed by atoms with van der Waals surface area (Å²) in [6.45, 7) is 16.7. The van der Waals surface area contributed by atoms with E-state index in [2.05, 4.69) is 46.2 Å². The minimum atomic E-state index is -1.22. The van der Waals surface area contributed by atoms with Crippen LogP contribution in [0.3, 0.4) is 0 Å². The summed E-state index contributed by atoms with van der Waals surface area (Å²) < 4.78 is 0. The molecule has 0 heterocycles. The van der Waals surface area contributed by atoms with E-state index in [4.69, 9.17) is 0 Å². The van der Waals surface area contributed by atoms with E-state index in [9.17, 15) is 5.11 Å². The number of rotatable bonds is 7. The first kappa shape index (κ1) is 16.4. The molecule has 0 spiro atoms. The van der Waals surface area contributed by atoms with Gasteiger partial charge in [0.25, 0.3) is 0 Å². The standard InChI is InChI=1S/C13H32OSi2/c1-8-9-10-12(14)13(16(5,6)7)11-15(2,3)4/h12-14H,8-11H2,1-7H3/t12-,13+/m0/s1. The Morgan fingerprint density at radius 3 is 1.81 bits per heavy atom. The zero-order chi connectivity index (χ0) is 13.0. The number of aliphatic hydroxyl groups is 1. The van der Waals surface area contributed by atoms with Gasteiger partial charge in [0.15, 0.2) is 0 Å². The Balaban J connectivity index is 4.55. The Kier molecular flexibility index (Phi) is 6.52. The zero-order valence-corrected chi connectivity index (χ0v) is 14.4. The van der Waals surface area contributed by atoms with E-state index in [1.165, 1.54) is 18.9 Å². The van der Waals surface area contributed by atoms with Gasteiger partial charge in [0.2, 0.25) is 0 Å². The van der Waals surface area contributed by atoms with Crippen molar-refractivity contribution >= 4 is 16.1 Å². The third-order valence-corrected chi connectivity index (χ3v) is 8.15. The highest BCUT2D eigenvalue weighted by Crippen LogP contribution is 2.36. The lowest BCUT2D eigenvalue weighted by atomic mass is 10.1. The van der Waals surface area contributed by atoms with Crippen molar-refractivity contribution in [3.8, 4) is 0 Å². The smallest absolute Gasteiger partial charge is 0.0542 e. The normalized spacial score (nSPS) is 17.2. The van der Waals surface area contributed by atoms with Crippen LogP contribution in [-0.4, -0.2) is 27.4 Å². The molecule has 0 aliphatic carbocycles. The second-order valence-electron chi connectivity index (χ2n) is 7.45. The molecule has 0 saturated carbocycles. The van der Waals surface area contributed by atoms with Crippen LogP contribution >= 0.6 is 0 Å². The summed E-state index contributed by atoms with van der Waals surface area (Å²) >= 11 is 0. The van der Waals surface area contributed by atoms with Crippen molar-refractivity contribution in [2.45, 2.75) is 83.2 Å². The molecule has 0 aromatic heterocycles. The molecular formula is C13H32OSi2. The molecule has 0 unspecified atom stereocenters. The van der Waals surface area contributed by atoms with Crippen LogP contribution < -0.4 is 0 Å². The zero-order valence-electron chi connectivity index (χ0n) is 12.4. The van der Waals surface area contributed by atoms with Gasteiger partial charge in [0, 0.05) is 16.1 Å². The van der Waals surface area contributed by atoms with E-state index in [1.54, 1.807) is 0 Å². The molecule has 0 rings (SSSR count). The lowest BCUT2D eigenvalue weighted by Crippen LogP contribution is -2.40. The molecule has 0 saturated heterocycles. The molecule has 0 amide bonds. The Labute approximate surface area is 105 Å². The SMILES string of the molecule is CCCC[C@H](O)[C@@H](C[Si](C)(C)C)[Si](C)(C)C. The summed E-state index contributed by atoms with van der Waals surface area (Å²) in [6, 6.07) is 1.30. The summed E-state index contributed by atoms with van der Waals surface area (Å²) in [5.74, 6) is 0. The van der Waals surface area contributed by atoms with E-state index < -0.39 is 16.1 Å². The maximum atomic E-state index is 10.4. The van der Waals surface area contributed by atoms with Crippen LogP contribution in [0.25, 0.3) is 0 Å². The van der Waals surface area contributed by atoms with E-state index >= 15 is 0 Å². The van der Waals surface area contributed by atoms with Crippen LogP contribution in [0.5, 0.6) is 0 Å². The summed E-state index contributed by atoms with van der Waals surface area (Å²) in [4.78, 5) is 0. The van der Waals surface area contributed by atoms with E-state index in [0.717, 1.165) is 6.42 Å². The lowest BCUT2D eigenvalue weighted by Gasteiger charge is -2.37. The van der Waals surface area contributed by atoms with Crippen LogP contribution in [0.1, 0.15) is 26.2 Å². The van der Waals surface area contributed by atoms with Crippen LogP contribution in [0, 0.1) is 0 Å². The maximum Gasteiger partial charge on any atom is 0.0542 e. The molecule has 0 bridgehead atoms. The first-order valence-corrected chi connectivity index (χ1v) is 14.0. The first-order valence-electron chi connectivity index (χ1n) is 6.76. The van der Waals surface area contributed by atoms with Crippen molar-refractivity contribution in [2.75, 3.05) is 0 Å². The van der Waals surface area contributed by atoms with Crippen molar-refractivity contribution in [1.82, 2.24) is 0 Å². The number of hydrogen-bond donors (Lipinski definition) is 1. The van der Waals surface area contributed by atoms with E-state index in [0.29, 0.717) is 5.54 Å². The molecule has 1 N–H and O–H groups in total. The Morgan fingerprint density at radius 1 is 1.00 bits per heavy atom. The van der Waals surface area contributed by atoms with Gasteiger partial charge in [-0.1, -0.05) is 65.1 Å². The van der Waals surface area contributed by atoms with Gasteiger partial charge in [-0.15, -0.1) is 0 Å². The average molecular weight is 261 g/mol. The monoisotopic (exact) mass is 260 g/mol. The fourth-order valence-electron chi connectivity index (χ4n) is 2.29. The first-order chi connectivity index (χ1) is 7.08. The van der Waals surface area contributed by atoms with Crippen LogP contribution in [0.15, 0.2) is 0 Å². The highest BCUT2D eigenvalue weighted by atomic mass is 28.3. The third kappa shape index (κ3) is 6.87. The molecule has 0 aromatic rings. The minimum Gasteiger partial charge on any atom is -0.393 e. The molecule has 1 nitrogen and oxygen atoms in total. The summed E-state index contributed by atoms with van der Waals surface area (Å²) in [7, 11) is -2.28. The molecule has 0 fully saturated rings. The molecule has 2 atom stereocenters. The van der Waals surface area contributed by atoms with Gasteiger partial charge in [0.1, 0.15) is 0 Å².